The summed E-state index contributed by atoms with van der Waals surface area (Å²) >= 11 is 0. The lowest BCUT2D eigenvalue weighted by molar-refractivity contribution is 0.0921. The smallest absolute Gasteiger partial charge is 0.287 e. The number of hydrogen-bond acceptors (Lipinski definition) is 3. The maximum absolute atomic E-state index is 12.8. The summed E-state index contributed by atoms with van der Waals surface area (Å²) in [4.78, 5) is 11.9. The third-order valence-electron chi connectivity index (χ3n) is 2.97. The molecule has 1 aromatic carbocycles. The highest BCUT2D eigenvalue weighted by Gasteiger charge is 2.12. The third-order valence-corrected chi connectivity index (χ3v) is 2.97. The fourth-order valence-electron chi connectivity index (χ4n) is 1.67. The van der Waals surface area contributed by atoms with E-state index in [0.717, 1.165) is 5.56 Å². The Morgan fingerprint density at radius 1 is 1.29 bits per heavy atom. The number of benzene rings is 1. The van der Waals surface area contributed by atoms with Gasteiger partial charge in [-0.3, -0.25) is 4.79 Å². The Labute approximate surface area is 128 Å². The van der Waals surface area contributed by atoms with Gasteiger partial charge in [0.05, 0.1) is 0 Å². The van der Waals surface area contributed by atoms with Crippen LogP contribution >= 0.6 is 12.4 Å². The maximum atomic E-state index is 12.8. The highest BCUT2D eigenvalue weighted by Crippen LogP contribution is 2.22. The summed E-state index contributed by atoms with van der Waals surface area (Å²) in [5, 5.41) is 2.75. The number of hydrogen-bond donors (Lipinski definition) is 2. The summed E-state index contributed by atoms with van der Waals surface area (Å²) in [5.74, 6) is 0.383. The maximum Gasteiger partial charge on any atom is 0.287 e. The third kappa shape index (κ3) is 4.58. The van der Waals surface area contributed by atoms with Crippen LogP contribution in [0, 0.1) is 11.7 Å². The number of amides is 1. The molecular formula is C15H18ClFN2O2. The van der Waals surface area contributed by atoms with E-state index in [4.69, 9.17) is 10.2 Å². The summed E-state index contributed by atoms with van der Waals surface area (Å²) in [7, 11) is 0. The number of nitrogens with two attached hydrogens (primary N) is 1. The minimum Gasteiger partial charge on any atom is -0.451 e. The van der Waals surface area contributed by atoms with Crippen molar-refractivity contribution in [3.63, 3.8) is 0 Å². The number of halogens is 2. The quantitative estimate of drug-likeness (QED) is 0.892. The lowest BCUT2D eigenvalue weighted by Gasteiger charge is -2.08. The van der Waals surface area contributed by atoms with Crippen molar-refractivity contribution in [3.05, 3.63) is 48.0 Å². The fourth-order valence-corrected chi connectivity index (χ4v) is 1.67. The van der Waals surface area contributed by atoms with Crippen LogP contribution in [-0.4, -0.2) is 19.0 Å². The van der Waals surface area contributed by atoms with Crippen LogP contribution in [0.3, 0.4) is 0 Å². The van der Waals surface area contributed by atoms with Gasteiger partial charge in [0.15, 0.2) is 5.76 Å². The second-order valence-electron chi connectivity index (χ2n) is 4.72. The van der Waals surface area contributed by atoms with Crippen molar-refractivity contribution >= 4 is 18.3 Å². The molecule has 114 valence electrons. The molecule has 0 radical (unpaired) electrons. The first-order chi connectivity index (χ1) is 9.60. The molecule has 2 rings (SSSR count). The first-order valence-corrected chi connectivity index (χ1v) is 6.44. The van der Waals surface area contributed by atoms with E-state index in [1.807, 2.05) is 6.92 Å². The Morgan fingerprint density at radius 2 is 1.95 bits per heavy atom. The first kappa shape index (κ1) is 17.2. The second kappa shape index (κ2) is 7.81. The average Bonchev–Trinajstić information content (AvgIpc) is 2.95. The van der Waals surface area contributed by atoms with Gasteiger partial charge in [0.25, 0.3) is 5.91 Å². The summed E-state index contributed by atoms with van der Waals surface area (Å²) in [5.41, 5.74) is 6.21. The summed E-state index contributed by atoms with van der Waals surface area (Å²) < 4.78 is 18.3. The standard InChI is InChI=1S/C15H17FN2O2.ClH/c1-10(8-17)9-18-15(19)14-7-6-13(20-14)11-2-4-12(16)5-3-11;/h2-7,10H,8-9,17H2,1H3,(H,18,19);1H. The van der Waals surface area contributed by atoms with Crippen LogP contribution in [-0.2, 0) is 0 Å². The lowest BCUT2D eigenvalue weighted by atomic mass is 10.2. The molecule has 1 unspecified atom stereocenters. The Hall–Kier alpha value is -1.85. The molecule has 0 spiro atoms. The van der Waals surface area contributed by atoms with Crippen LogP contribution in [0.5, 0.6) is 0 Å². The number of rotatable bonds is 5. The summed E-state index contributed by atoms with van der Waals surface area (Å²) in [6, 6.07) is 9.19. The van der Waals surface area contributed by atoms with Gasteiger partial charge in [0.1, 0.15) is 11.6 Å². The van der Waals surface area contributed by atoms with E-state index < -0.39 is 0 Å². The topological polar surface area (TPSA) is 68.3 Å². The van der Waals surface area contributed by atoms with E-state index in [-0.39, 0.29) is 35.8 Å². The molecule has 0 aliphatic carbocycles. The van der Waals surface area contributed by atoms with E-state index in [1.165, 1.54) is 12.1 Å². The van der Waals surface area contributed by atoms with Crippen molar-refractivity contribution in [2.75, 3.05) is 13.1 Å². The number of carbonyl (C=O) groups is 1. The van der Waals surface area contributed by atoms with Crippen molar-refractivity contribution < 1.29 is 13.6 Å². The van der Waals surface area contributed by atoms with Crippen molar-refractivity contribution in [2.24, 2.45) is 11.7 Å². The van der Waals surface area contributed by atoms with Crippen LogP contribution in [0.15, 0.2) is 40.8 Å². The largest absolute Gasteiger partial charge is 0.451 e. The van der Waals surface area contributed by atoms with Crippen LogP contribution < -0.4 is 11.1 Å². The second-order valence-corrected chi connectivity index (χ2v) is 4.72. The lowest BCUT2D eigenvalue weighted by Crippen LogP contribution is -2.30. The zero-order valence-corrected chi connectivity index (χ0v) is 12.5. The van der Waals surface area contributed by atoms with E-state index in [0.29, 0.717) is 18.8 Å². The van der Waals surface area contributed by atoms with Crippen molar-refractivity contribution in [2.45, 2.75) is 6.92 Å². The molecule has 1 amide bonds. The van der Waals surface area contributed by atoms with Gasteiger partial charge in [-0.05, 0) is 48.9 Å². The average molecular weight is 313 g/mol. The van der Waals surface area contributed by atoms with Crippen LogP contribution in [0.1, 0.15) is 17.5 Å². The Morgan fingerprint density at radius 3 is 2.57 bits per heavy atom. The molecule has 1 heterocycles. The van der Waals surface area contributed by atoms with E-state index >= 15 is 0 Å². The molecule has 2 aromatic rings. The van der Waals surface area contributed by atoms with Gasteiger partial charge < -0.3 is 15.5 Å². The molecule has 1 atom stereocenters. The number of furan rings is 1. The fraction of sp³-hybridized carbons (Fsp3) is 0.267. The predicted octanol–water partition coefficient (Wildman–Crippen LogP) is 2.83. The van der Waals surface area contributed by atoms with Gasteiger partial charge in [0.2, 0.25) is 0 Å². The van der Waals surface area contributed by atoms with E-state index in [1.54, 1.807) is 24.3 Å². The highest BCUT2D eigenvalue weighted by molar-refractivity contribution is 5.92. The molecule has 0 aliphatic rings. The molecule has 0 saturated heterocycles. The van der Waals surface area contributed by atoms with Gasteiger partial charge in [-0.15, -0.1) is 12.4 Å². The molecule has 6 heteroatoms. The normalized spacial score (nSPS) is 11.6. The van der Waals surface area contributed by atoms with Crippen LogP contribution in [0.4, 0.5) is 4.39 Å². The van der Waals surface area contributed by atoms with Gasteiger partial charge in [0, 0.05) is 12.1 Å². The molecule has 21 heavy (non-hydrogen) atoms. The van der Waals surface area contributed by atoms with Gasteiger partial charge in [-0.2, -0.15) is 0 Å². The van der Waals surface area contributed by atoms with E-state index in [9.17, 15) is 9.18 Å². The monoisotopic (exact) mass is 312 g/mol. The Bertz CT molecular complexity index is 584. The Balaban J connectivity index is 0.00000220. The van der Waals surface area contributed by atoms with Crippen molar-refractivity contribution in [1.29, 1.82) is 0 Å². The van der Waals surface area contributed by atoms with Crippen LogP contribution in [0.2, 0.25) is 0 Å². The Kier molecular flexibility index (Phi) is 6.39. The summed E-state index contributed by atoms with van der Waals surface area (Å²) in [6.45, 7) is 2.97. The minimum absolute atomic E-state index is 0. The molecule has 0 aliphatic heterocycles. The number of carbonyl (C=O) groups excluding carboxylic acids is 1. The minimum atomic E-state index is -0.311. The van der Waals surface area contributed by atoms with Gasteiger partial charge in [-0.1, -0.05) is 6.92 Å². The molecule has 3 N–H and O–H groups in total. The van der Waals surface area contributed by atoms with Gasteiger partial charge >= 0.3 is 0 Å². The van der Waals surface area contributed by atoms with Gasteiger partial charge in [-0.25, -0.2) is 4.39 Å². The van der Waals surface area contributed by atoms with Crippen molar-refractivity contribution in [1.82, 2.24) is 5.32 Å². The molecule has 0 bridgehead atoms. The van der Waals surface area contributed by atoms with Crippen LogP contribution in [0.25, 0.3) is 11.3 Å². The van der Waals surface area contributed by atoms with Crippen molar-refractivity contribution in [3.8, 4) is 11.3 Å². The zero-order valence-electron chi connectivity index (χ0n) is 11.6. The molecular weight excluding hydrogens is 295 g/mol. The SMILES string of the molecule is CC(CN)CNC(=O)c1ccc(-c2ccc(F)cc2)o1.Cl. The summed E-state index contributed by atoms with van der Waals surface area (Å²) in [6.07, 6.45) is 0. The molecule has 4 nitrogen and oxygen atoms in total. The molecule has 0 saturated carbocycles. The molecule has 0 fully saturated rings. The van der Waals surface area contributed by atoms with E-state index in [2.05, 4.69) is 5.32 Å². The zero-order chi connectivity index (χ0) is 14.5. The molecule has 1 aromatic heterocycles. The number of nitrogens with one attached hydrogen (secondary N) is 1. The first-order valence-electron chi connectivity index (χ1n) is 6.44. The highest BCUT2D eigenvalue weighted by atomic mass is 35.5. The predicted molar refractivity (Wildman–Crippen MR) is 81.9 cm³/mol.